The SMILES string of the molecule is CCCNC(=O)[C@@H](C)N(CCc1ccccc1)C(=O)Cc1ccccc1. The molecule has 26 heavy (non-hydrogen) atoms. The van der Waals surface area contributed by atoms with Crippen LogP contribution in [0.5, 0.6) is 0 Å². The van der Waals surface area contributed by atoms with Crippen LogP contribution in [0.1, 0.15) is 31.4 Å². The summed E-state index contributed by atoms with van der Waals surface area (Å²) in [6.07, 6.45) is 1.91. The van der Waals surface area contributed by atoms with Crippen LogP contribution in [-0.2, 0) is 22.4 Å². The van der Waals surface area contributed by atoms with Crippen LogP contribution < -0.4 is 5.32 Å². The van der Waals surface area contributed by atoms with Crippen LogP contribution in [0.2, 0.25) is 0 Å². The minimum Gasteiger partial charge on any atom is -0.354 e. The zero-order chi connectivity index (χ0) is 18.8. The molecule has 138 valence electrons. The van der Waals surface area contributed by atoms with Gasteiger partial charge in [0.15, 0.2) is 0 Å². The van der Waals surface area contributed by atoms with Crippen molar-refractivity contribution in [2.45, 2.75) is 39.2 Å². The zero-order valence-electron chi connectivity index (χ0n) is 15.7. The first-order chi connectivity index (χ1) is 12.6. The van der Waals surface area contributed by atoms with E-state index in [1.54, 1.807) is 11.8 Å². The maximum atomic E-state index is 12.9. The maximum absolute atomic E-state index is 12.9. The molecule has 0 spiro atoms. The lowest BCUT2D eigenvalue weighted by molar-refractivity contribution is -0.139. The molecule has 0 aromatic heterocycles. The minimum absolute atomic E-state index is 0.0220. The first-order valence-electron chi connectivity index (χ1n) is 9.26. The topological polar surface area (TPSA) is 49.4 Å². The van der Waals surface area contributed by atoms with Gasteiger partial charge in [0.2, 0.25) is 11.8 Å². The molecular formula is C22H28N2O2. The normalized spacial score (nSPS) is 11.6. The summed E-state index contributed by atoms with van der Waals surface area (Å²) in [5.74, 6) is -0.118. The molecule has 0 saturated carbocycles. The highest BCUT2D eigenvalue weighted by atomic mass is 16.2. The Balaban J connectivity index is 2.08. The summed E-state index contributed by atoms with van der Waals surface area (Å²) in [4.78, 5) is 27.0. The Labute approximate surface area is 156 Å². The molecule has 2 aromatic carbocycles. The fraction of sp³-hybridized carbons (Fsp3) is 0.364. The summed E-state index contributed by atoms with van der Waals surface area (Å²) in [5, 5.41) is 2.90. The molecule has 0 fully saturated rings. The Morgan fingerprint density at radius 1 is 0.962 bits per heavy atom. The van der Waals surface area contributed by atoms with Crippen molar-refractivity contribution in [3.8, 4) is 0 Å². The largest absolute Gasteiger partial charge is 0.354 e. The van der Waals surface area contributed by atoms with Crippen molar-refractivity contribution in [3.63, 3.8) is 0 Å². The van der Waals surface area contributed by atoms with Gasteiger partial charge in [-0.25, -0.2) is 0 Å². The lowest BCUT2D eigenvalue weighted by Gasteiger charge is -2.29. The van der Waals surface area contributed by atoms with Crippen molar-refractivity contribution in [1.29, 1.82) is 0 Å². The Hall–Kier alpha value is -2.62. The van der Waals surface area contributed by atoms with Crippen LogP contribution in [0.4, 0.5) is 0 Å². The lowest BCUT2D eigenvalue weighted by atomic mass is 10.1. The van der Waals surface area contributed by atoms with Gasteiger partial charge in [0, 0.05) is 13.1 Å². The summed E-state index contributed by atoms with van der Waals surface area (Å²) < 4.78 is 0. The quantitative estimate of drug-likeness (QED) is 0.753. The van der Waals surface area contributed by atoms with Gasteiger partial charge in [0.1, 0.15) is 6.04 Å². The van der Waals surface area contributed by atoms with Gasteiger partial charge in [-0.1, -0.05) is 67.6 Å². The van der Waals surface area contributed by atoms with E-state index in [2.05, 4.69) is 5.32 Å². The molecule has 2 rings (SSSR count). The number of nitrogens with one attached hydrogen (secondary N) is 1. The van der Waals surface area contributed by atoms with Gasteiger partial charge in [0.05, 0.1) is 6.42 Å². The first-order valence-corrected chi connectivity index (χ1v) is 9.26. The van der Waals surface area contributed by atoms with Crippen LogP contribution in [0.15, 0.2) is 60.7 Å². The van der Waals surface area contributed by atoms with E-state index in [1.807, 2.05) is 67.6 Å². The van der Waals surface area contributed by atoms with Crippen LogP contribution in [0.3, 0.4) is 0 Å². The molecule has 4 nitrogen and oxygen atoms in total. The second-order valence-corrected chi connectivity index (χ2v) is 6.45. The van der Waals surface area contributed by atoms with E-state index in [9.17, 15) is 9.59 Å². The highest BCUT2D eigenvalue weighted by molar-refractivity contribution is 5.88. The summed E-state index contributed by atoms with van der Waals surface area (Å²) >= 11 is 0. The Bertz CT molecular complexity index is 686. The van der Waals surface area contributed by atoms with Gasteiger partial charge in [-0.05, 0) is 30.9 Å². The molecule has 0 aliphatic rings. The number of nitrogens with zero attached hydrogens (tertiary/aromatic N) is 1. The molecule has 2 aromatic rings. The molecule has 0 bridgehead atoms. The molecule has 1 atom stereocenters. The third kappa shape index (κ3) is 6.03. The number of carbonyl (C=O) groups excluding carboxylic acids is 2. The van der Waals surface area contributed by atoms with Gasteiger partial charge in [0.25, 0.3) is 0 Å². The molecule has 2 amide bonds. The fourth-order valence-electron chi connectivity index (χ4n) is 2.84. The molecule has 0 aliphatic carbocycles. The summed E-state index contributed by atoms with van der Waals surface area (Å²) in [5.41, 5.74) is 2.12. The van der Waals surface area contributed by atoms with E-state index < -0.39 is 6.04 Å². The summed E-state index contributed by atoms with van der Waals surface area (Å²) in [7, 11) is 0. The van der Waals surface area contributed by atoms with Gasteiger partial charge in [-0.2, -0.15) is 0 Å². The van der Waals surface area contributed by atoms with Gasteiger partial charge < -0.3 is 10.2 Å². The molecule has 0 unspecified atom stereocenters. The molecule has 0 heterocycles. The third-order valence-electron chi connectivity index (χ3n) is 4.40. The Morgan fingerprint density at radius 3 is 2.12 bits per heavy atom. The maximum Gasteiger partial charge on any atom is 0.242 e. The molecule has 0 saturated heterocycles. The second-order valence-electron chi connectivity index (χ2n) is 6.45. The van der Waals surface area contributed by atoms with Crippen molar-refractivity contribution in [2.75, 3.05) is 13.1 Å². The molecular weight excluding hydrogens is 324 g/mol. The number of benzene rings is 2. The summed E-state index contributed by atoms with van der Waals surface area (Å²) in [6.45, 7) is 4.97. The van der Waals surface area contributed by atoms with E-state index >= 15 is 0 Å². The molecule has 0 aliphatic heterocycles. The number of hydrogen-bond donors (Lipinski definition) is 1. The van der Waals surface area contributed by atoms with Gasteiger partial charge in [-0.3, -0.25) is 9.59 Å². The lowest BCUT2D eigenvalue weighted by Crippen LogP contribution is -2.49. The van der Waals surface area contributed by atoms with Gasteiger partial charge >= 0.3 is 0 Å². The highest BCUT2D eigenvalue weighted by Gasteiger charge is 2.25. The Morgan fingerprint density at radius 2 is 1.54 bits per heavy atom. The zero-order valence-corrected chi connectivity index (χ0v) is 15.7. The average Bonchev–Trinajstić information content (AvgIpc) is 2.67. The van der Waals surface area contributed by atoms with Crippen molar-refractivity contribution in [3.05, 3.63) is 71.8 Å². The number of carbonyl (C=O) groups is 2. The standard InChI is InChI=1S/C22H28N2O2/c1-3-15-23-22(26)18(2)24(16-14-19-10-6-4-7-11-19)21(25)17-20-12-8-5-9-13-20/h4-13,18H,3,14-17H2,1-2H3,(H,23,26)/t18-/m1/s1. The molecule has 1 N–H and O–H groups in total. The predicted molar refractivity (Wildman–Crippen MR) is 105 cm³/mol. The number of hydrogen-bond acceptors (Lipinski definition) is 2. The monoisotopic (exact) mass is 352 g/mol. The fourth-order valence-corrected chi connectivity index (χ4v) is 2.84. The number of rotatable bonds is 9. The van der Waals surface area contributed by atoms with E-state index in [0.29, 0.717) is 19.5 Å². The van der Waals surface area contributed by atoms with Crippen molar-refractivity contribution in [2.24, 2.45) is 0 Å². The smallest absolute Gasteiger partial charge is 0.242 e. The van der Waals surface area contributed by atoms with E-state index in [0.717, 1.165) is 24.0 Å². The molecule has 4 heteroatoms. The van der Waals surface area contributed by atoms with Crippen molar-refractivity contribution in [1.82, 2.24) is 10.2 Å². The van der Waals surface area contributed by atoms with E-state index in [-0.39, 0.29) is 11.8 Å². The third-order valence-corrected chi connectivity index (χ3v) is 4.40. The van der Waals surface area contributed by atoms with E-state index in [4.69, 9.17) is 0 Å². The predicted octanol–water partition coefficient (Wildman–Crippen LogP) is 3.22. The van der Waals surface area contributed by atoms with Crippen molar-refractivity contribution >= 4 is 11.8 Å². The number of amides is 2. The first kappa shape index (κ1) is 19.7. The van der Waals surface area contributed by atoms with Crippen LogP contribution >= 0.6 is 0 Å². The highest BCUT2D eigenvalue weighted by Crippen LogP contribution is 2.10. The molecule has 0 radical (unpaired) electrons. The minimum atomic E-state index is -0.485. The second kappa shape index (κ2) is 10.4. The van der Waals surface area contributed by atoms with E-state index in [1.165, 1.54) is 0 Å². The van der Waals surface area contributed by atoms with Gasteiger partial charge in [-0.15, -0.1) is 0 Å². The van der Waals surface area contributed by atoms with Crippen LogP contribution in [0.25, 0.3) is 0 Å². The Kier molecular flexibility index (Phi) is 7.87. The van der Waals surface area contributed by atoms with Crippen LogP contribution in [-0.4, -0.2) is 35.8 Å². The average molecular weight is 352 g/mol. The van der Waals surface area contributed by atoms with Crippen LogP contribution in [0, 0.1) is 0 Å². The van der Waals surface area contributed by atoms with Crippen molar-refractivity contribution < 1.29 is 9.59 Å². The summed E-state index contributed by atoms with van der Waals surface area (Å²) in [6, 6.07) is 19.2.